The number of hydrogen-bond acceptors (Lipinski definition) is 8. The van der Waals surface area contributed by atoms with Crippen LogP contribution in [0.3, 0.4) is 0 Å². The molecule has 2 aromatic heterocycles. The molecule has 3 aromatic carbocycles. The monoisotopic (exact) mass is 740 g/mol. The summed E-state index contributed by atoms with van der Waals surface area (Å²) < 4.78 is 21.5. The van der Waals surface area contributed by atoms with Crippen LogP contribution in [0.2, 0.25) is 0 Å². The van der Waals surface area contributed by atoms with Crippen molar-refractivity contribution < 1.29 is 23.8 Å². The molecule has 4 heterocycles. The first-order valence-corrected chi connectivity index (χ1v) is 17.5. The third-order valence-corrected chi connectivity index (χ3v) is 10.1. The summed E-state index contributed by atoms with van der Waals surface area (Å²) >= 11 is 4.82. The quantitative estimate of drug-likeness (QED) is 0.217. The van der Waals surface area contributed by atoms with Gasteiger partial charge in [0.05, 0.1) is 42.7 Å². The van der Waals surface area contributed by atoms with Crippen molar-refractivity contribution in [2.75, 3.05) is 40.0 Å². The average Bonchev–Trinajstić information content (AvgIpc) is 3.63. The molecule has 0 radical (unpaired) electrons. The minimum atomic E-state index is -0.896. The Morgan fingerprint density at radius 1 is 1.06 bits per heavy atom. The Balaban J connectivity index is 1.43. The summed E-state index contributed by atoms with van der Waals surface area (Å²) in [5.41, 5.74) is 3.35. The Morgan fingerprint density at radius 2 is 1.82 bits per heavy atom. The van der Waals surface area contributed by atoms with Gasteiger partial charge in [0, 0.05) is 51.4 Å². The van der Waals surface area contributed by atoms with E-state index < -0.39 is 12.0 Å². The fraction of sp³-hybridized carbons (Fsp3) is 0.243. The van der Waals surface area contributed by atoms with Gasteiger partial charge in [-0.15, -0.1) is 0 Å². The van der Waals surface area contributed by atoms with E-state index in [1.807, 2.05) is 88.5 Å². The van der Waals surface area contributed by atoms with Gasteiger partial charge in [-0.1, -0.05) is 75.8 Å². The van der Waals surface area contributed by atoms with Gasteiger partial charge in [-0.3, -0.25) is 14.2 Å². The van der Waals surface area contributed by atoms with Crippen molar-refractivity contribution in [2.45, 2.75) is 19.5 Å². The first-order valence-electron chi connectivity index (χ1n) is 15.9. The highest BCUT2D eigenvalue weighted by Crippen LogP contribution is 2.40. The number of hydrogen-bond donors (Lipinski definition) is 0. The molecule has 12 heteroatoms. The van der Waals surface area contributed by atoms with Crippen LogP contribution in [0.4, 0.5) is 0 Å². The van der Waals surface area contributed by atoms with Gasteiger partial charge in [0.25, 0.3) is 5.56 Å². The number of rotatable bonds is 8. The van der Waals surface area contributed by atoms with Gasteiger partial charge in [0.1, 0.15) is 18.3 Å². The number of thiazole rings is 1. The van der Waals surface area contributed by atoms with Gasteiger partial charge in [-0.2, -0.15) is 0 Å². The van der Waals surface area contributed by atoms with Gasteiger partial charge in [-0.25, -0.2) is 9.79 Å². The molecule has 0 bridgehead atoms. The van der Waals surface area contributed by atoms with E-state index in [4.69, 9.17) is 19.2 Å². The molecule has 1 amide bonds. The molecule has 1 atom stereocenters. The van der Waals surface area contributed by atoms with Crippen molar-refractivity contribution in [3.8, 4) is 5.75 Å². The first-order chi connectivity index (χ1) is 23.9. The molecule has 0 saturated carbocycles. The molecule has 49 heavy (non-hydrogen) atoms. The van der Waals surface area contributed by atoms with Crippen LogP contribution in [-0.4, -0.2) is 65.9 Å². The molecule has 0 spiro atoms. The number of ether oxygens (including phenoxy) is 3. The molecule has 1 saturated heterocycles. The maximum absolute atomic E-state index is 14.6. The van der Waals surface area contributed by atoms with Crippen molar-refractivity contribution in [3.63, 3.8) is 0 Å². The van der Waals surface area contributed by atoms with Crippen molar-refractivity contribution in [2.24, 2.45) is 4.99 Å². The lowest BCUT2D eigenvalue weighted by Crippen LogP contribution is -2.42. The van der Waals surface area contributed by atoms with Crippen LogP contribution in [-0.2, 0) is 25.6 Å². The molecule has 0 aliphatic carbocycles. The zero-order valence-corrected chi connectivity index (χ0v) is 29.3. The largest absolute Gasteiger partial charge is 0.496 e. The van der Waals surface area contributed by atoms with Crippen LogP contribution < -0.4 is 19.6 Å². The standard InChI is InChI=1S/C37H33BrN4O6S/c1-3-48-36(45)32-33(23-9-5-4-6-10-23)39-37-42(34(32)27-20-25(38)13-14-29(27)46-2)35(44)30(49-37)19-24-21-41(28-12-8-7-11-26(24)28)22-31(43)40-15-17-47-18-16-40/h4-14,19-21,34H,3,15-18,22H2,1-2H3/b30-19-/t34-/m0/s1. The number of halogens is 1. The number of benzene rings is 3. The summed E-state index contributed by atoms with van der Waals surface area (Å²) in [5.74, 6) is -0.0517. The van der Waals surface area contributed by atoms with Crippen LogP contribution in [0.5, 0.6) is 5.75 Å². The zero-order chi connectivity index (χ0) is 34.1. The number of nitrogens with zero attached hydrogens (tertiary/aromatic N) is 4. The smallest absolute Gasteiger partial charge is 0.338 e. The van der Waals surface area contributed by atoms with E-state index in [1.165, 1.54) is 11.3 Å². The van der Waals surface area contributed by atoms with Crippen LogP contribution in [0, 0.1) is 0 Å². The van der Waals surface area contributed by atoms with Gasteiger partial charge in [0.2, 0.25) is 5.91 Å². The molecule has 5 aromatic rings. The Hall–Kier alpha value is -4.78. The average molecular weight is 742 g/mol. The number of carbonyl (C=O) groups is 2. The lowest BCUT2D eigenvalue weighted by atomic mass is 9.92. The van der Waals surface area contributed by atoms with E-state index >= 15 is 0 Å². The minimum Gasteiger partial charge on any atom is -0.496 e. The normalized spacial score (nSPS) is 16.4. The summed E-state index contributed by atoms with van der Waals surface area (Å²) in [6.07, 6.45) is 3.75. The summed E-state index contributed by atoms with van der Waals surface area (Å²) in [7, 11) is 1.56. The van der Waals surface area contributed by atoms with E-state index in [0.717, 1.165) is 26.5 Å². The number of esters is 1. The fourth-order valence-corrected chi connectivity index (χ4v) is 7.74. The van der Waals surface area contributed by atoms with Gasteiger partial charge >= 0.3 is 5.97 Å². The Morgan fingerprint density at radius 3 is 2.57 bits per heavy atom. The lowest BCUT2D eigenvalue weighted by molar-refractivity contribution is -0.139. The number of carbonyl (C=O) groups excluding carboxylic acids is 2. The highest BCUT2D eigenvalue weighted by molar-refractivity contribution is 9.10. The molecule has 10 nitrogen and oxygen atoms in total. The first kappa shape index (κ1) is 32.8. The number of amides is 1. The van der Waals surface area contributed by atoms with Crippen LogP contribution >= 0.6 is 27.3 Å². The topological polar surface area (TPSA) is 104 Å². The van der Waals surface area contributed by atoms with Crippen LogP contribution in [0.15, 0.2) is 98.8 Å². The van der Waals surface area contributed by atoms with E-state index in [2.05, 4.69) is 15.9 Å². The summed E-state index contributed by atoms with van der Waals surface area (Å²) in [4.78, 5) is 48.8. The molecule has 0 N–H and O–H groups in total. The molecule has 1 fully saturated rings. The Labute approximate surface area is 294 Å². The number of fused-ring (bicyclic) bond motifs is 2. The molecule has 7 rings (SSSR count). The van der Waals surface area contributed by atoms with Crippen LogP contribution in [0.25, 0.3) is 22.7 Å². The van der Waals surface area contributed by atoms with Gasteiger partial charge in [-0.05, 0) is 37.3 Å². The number of aromatic nitrogens is 2. The van der Waals surface area contributed by atoms with E-state index in [1.54, 1.807) is 24.7 Å². The summed E-state index contributed by atoms with van der Waals surface area (Å²) in [5, 5.41) is 0.908. The maximum atomic E-state index is 14.6. The number of morpholine rings is 1. The Bertz CT molecular complexity index is 2280. The van der Waals surface area contributed by atoms with Crippen molar-refractivity contribution in [1.82, 2.24) is 14.0 Å². The zero-order valence-electron chi connectivity index (χ0n) is 26.9. The maximum Gasteiger partial charge on any atom is 0.338 e. The number of para-hydroxylation sites is 1. The highest BCUT2D eigenvalue weighted by Gasteiger charge is 2.37. The molecular formula is C37H33BrN4O6S. The number of methoxy groups -OCH3 is 1. The second-order valence-corrected chi connectivity index (χ2v) is 13.5. The van der Waals surface area contributed by atoms with Crippen LogP contribution in [0.1, 0.15) is 29.7 Å². The second-order valence-electron chi connectivity index (χ2n) is 11.5. The van der Waals surface area contributed by atoms with E-state index in [9.17, 15) is 14.4 Å². The van der Waals surface area contributed by atoms with E-state index in [0.29, 0.717) is 52.6 Å². The fourth-order valence-electron chi connectivity index (χ4n) is 6.37. The predicted octanol–water partition coefficient (Wildman–Crippen LogP) is 4.52. The third-order valence-electron chi connectivity index (χ3n) is 8.64. The minimum absolute atomic E-state index is 0.0119. The van der Waals surface area contributed by atoms with Gasteiger partial charge in [0.15, 0.2) is 4.80 Å². The summed E-state index contributed by atoms with van der Waals surface area (Å²) in [6, 6.07) is 21.8. The van der Waals surface area contributed by atoms with E-state index in [-0.39, 0.29) is 30.2 Å². The molecular weight excluding hydrogens is 708 g/mol. The van der Waals surface area contributed by atoms with Crippen molar-refractivity contribution in [1.29, 1.82) is 0 Å². The summed E-state index contributed by atoms with van der Waals surface area (Å²) in [6.45, 7) is 4.25. The SMILES string of the molecule is CCOC(=O)C1=C(c2ccccc2)N=c2s/c(=C\c3cn(CC(=O)N4CCOCC4)c4ccccc34)c(=O)n2[C@H]1c1cc(Br)ccc1OC. The molecule has 250 valence electrons. The Kier molecular flexibility index (Phi) is 9.35. The predicted molar refractivity (Wildman–Crippen MR) is 191 cm³/mol. The van der Waals surface area contributed by atoms with Gasteiger partial charge < -0.3 is 23.7 Å². The second kappa shape index (κ2) is 14.0. The third kappa shape index (κ3) is 6.27. The highest BCUT2D eigenvalue weighted by atomic mass is 79.9. The molecule has 2 aliphatic rings. The lowest BCUT2D eigenvalue weighted by Gasteiger charge is -2.27. The van der Waals surface area contributed by atoms with Crippen molar-refractivity contribution in [3.05, 3.63) is 125 Å². The van der Waals surface area contributed by atoms with Crippen molar-refractivity contribution >= 4 is 61.8 Å². The molecule has 2 aliphatic heterocycles. The molecule has 0 unspecified atom stereocenters.